The van der Waals surface area contributed by atoms with Gasteiger partial charge >= 0.3 is 0 Å². The van der Waals surface area contributed by atoms with Crippen molar-refractivity contribution in [3.05, 3.63) is 35.6 Å². The average Bonchev–Trinajstić information content (AvgIpc) is 3.10. The summed E-state index contributed by atoms with van der Waals surface area (Å²) >= 11 is 1.36. The van der Waals surface area contributed by atoms with Crippen molar-refractivity contribution in [3.8, 4) is 22.8 Å². The van der Waals surface area contributed by atoms with Crippen molar-refractivity contribution >= 4 is 11.5 Å². The fraction of sp³-hybridized carbons (Fsp3) is 0.231. The molecule has 0 bridgehead atoms. The zero-order valence-electron chi connectivity index (χ0n) is 11.5. The fourth-order valence-electron chi connectivity index (χ4n) is 1.46. The van der Waals surface area contributed by atoms with E-state index in [1.54, 1.807) is 12.4 Å². The van der Waals surface area contributed by atoms with E-state index in [1.807, 2.05) is 39.0 Å². The Kier molecular flexibility index (Phi) is 7.07. The van der Waals surface area contributed by atoms with Gasteiger partial charge in [-0.1, -0.05) is 19.9 Å². The molecule has 0 atom stereocenters. The topological polar surface area (TPSA) is 65.7 Å². The molecule has 5 nitrogen and oxygen atoms in total. The molecule has 3 heterocycles. The summed E-state index contributed by atoms with van der Waals surface area (Å²) in [6.07, 6.45) is 3.49. The SMILES string of the molecule is CC.Cc1nc(-c2cc(-c3cccnc3)[n-]n2)ns1.[U]. The van der Waals surface area contributed by atoms with E-state index >= 15 is 0 Å². The Labute approximate surface area is 145 Å². The number of hydrogen-bond acceptors (Lipinski definition) is 5. The molecule has 0 radical (unpaired) electrons. The monoisotopic (exact) mass is 510 g/mol. The van der Waals surface area contributed by atoms with Gasteiger partial charge in [0.25, 0.3) is 0 Å². The normalized spacial score (nSPS) is 9.35. The fourth-order valence-corrected chi connectivity index (χ4v) is 1.94. The second kappa shape index (κ2) is 8.30. The second-order valence-corrected chi connectivity index (χ2v) is 4.45. The summed E-state index contributed by atoms with van der Waals surface area (Å²) in [6, 6.07) is 5.69. The molecule has 0 N–H and O–H groups in total. The van der Waals surface area contributed by atoms with Crippen molar-refractivity contribution in [2.24, 2.45) is 0 Å². The molecule has 0 aliphatic rings. The molecule has 3 aromatic heterocycles. The van der Waals surface area contributed by atoms with Gasteiger partial charge in [0.05, 0.1) is 5.69 Å². The Bertz CT molecular complexity index is 635. The molecule has 20 heavy (non-hydrogen) atoms. The molecule has 0 saturated carbocycles. The van der Waals surface area contributed by atoms with Gasteiger partial charge in [-0.15, -0.1) is 5.69 Å². The van der Waals surface area contributed by atoms with Gasteiger partial charge < -0.3 is 10.2 Å². The van der Waals surface area contributed by atoms with Crippen LogP contribution in [0.25, 0.3) is 22.8 Å². The number of nitrogens with zero attached hydrogens (tertiary/aromatic N) is 5. The average molecular weight is 510 g/mol. The first-order valence-electron chi connectivity index (χ1n) is 6.04. The van der Waals surface area contributed by atoms with Crippen LogP contribution in [-0.4, -0.2) is 19.4 Å². The molecule has 3 aromatic rings. The molecule has 7 heteroatoms. The summed E-state index contributed by atoms with van der Waals surface area (Å²) < 4.78 is 4.21. The minimum absolute atomic E-state index is 0. The van der Waals surface area contributed by atoms with Crippen LogP contribution in [-0.2, 0) is 0 Å². The van der Waals surface area contributed by atoms with Gasteiger partial charge in [-0.2, -0.15) is 4.37 Å². The van der Waals surface area contributed by atoms with Crippen molar-refractivity contribution in [2.75, 3.05) is 0 Å². The number of aryl methyl sites for hydroxylation is 1. The minimum atomic E-state index is 0. The van der Waals surface area contributed by atoms with Gasteiger partial charge in [0, 0.05) is 43.5 Å². The molecular formula is C13H14N5SU-. The quantitative estimate of drug-likeness (QED) is 0.531. The van der Waals surface area contributed by atoms with Crippen LogP contribution in [0.3, 0.4) is 0 Å². The van der Waals surface area contributed by atoms with Crippen LogP contribution >= 0.6 is 11.5 Å². The molecule has 0 fully saturated rings. The summed E-state index contributed by atoms with van der Waals surface area (Å²) in [5.74, 6) is 0.634. The second-order valence-electron chi connectivity index (χ2n) is 3.49. The van der Waals surface area contributed by atoms with Crippen molar-refractivity contribution < 1.29 is 31.1 Å². The first-order valence-corrected chi connectivity index (χ1v) is 6.82. The van der Waals surface area contributed by atoms with Crippen molar-refractivity contribution in [1.29, 1.82) is 0 Å². The molecule has 0 amide bonds. The minimum Gasteiger partial charge on any atom is -0.574 e. The van der Waals surface area contributed by atoms with Crippen LogP contribution < -0.4 is 5.10 Å². The predicted octanol–water partition coefficient (Wildman–Crippen LogP) is 2.95. The first-order chi connectivity index (χ1) is 9.33. The van der Waals surface area contributed by atoms with Crippen molar-refractivity contribution in [2.45, 2.75) is 20.8 Å². The maximum Gasteiger partial charge on any atom is 0.189 e. The van der Waals surface area contributed by atoms with Gasteiger partial charge in [0.1, 0.15) is 5.01 Å². The summed E-state index contributed by atoms with van der Waals surface area (Å²) in [4.78, 5) is 8.33. The third kappa shape index (κ3) is 3.98. The van der Waals surface area contributed by atoms with E-state index in [4.69, 9.17) is 0 Å². The summed E-state index contributed by atoms with van der Waals surface area (Å²) in [6.45, 7) is 5.92. The van der Waals surface area contributed by atoms with Crippen molar-refractivity contribution in [3.63, 3.8) is 0 Å². The molecule has 0 aromatic carbocycles. The Morgan fingerprint density at radius 2 is 2.05 bits per heavy atom. The number of aromatic nitrogens is 5. The van der Waals surface area contributed by atoms with E-state index in [-0.39, 0.29) is 31.1 Å². The van der Waals surface area contributed by atoms with E-state index in [9.17, 15) is 0 Å². The van der Waals surface area contributed by atoms with Crippen LogP contribution in [0.2, 0.25) is 0 Å². The Balaban J connectivity index is 0.000000639. The van der Waals surface area contributed by atoms with Crippen LogP contribution in [0.15, 0.2) is 30.6 Å². The summed E-state index contributed by atoms with van der Waals surface area (Å²) in [7, 11) is 0. The molecule has 0 unspecified atom stereocenters. The van der Waals surface area contributed by atoms with E-state index in [2.05, 4.69) is 24.5 Å². The number of rotatable bonds is 2. The van der Waals surface area contributed by atoms with Gasteiger partial charge in [-0.05, 0) is 36.2 Å². The van der Waals surface area contributed by atoms with Crippen molar-refractivity contribution in [1.82, 2.24) is 24.5 Å². The number of hydrogen-bond donors (Lipinski definition) is 0. The standard InChI is InChI=1S/C11H8N5S.C2H6.U/c1-7-13-11(16-17-7)10-5-9(14-15-10)8-3-2-4-12-6-8;1-2;/h2-6H,1H3;1-2H3;/q-1;;. The molecule has 0 aliphatic carbocycles. The largest absolute Gasteiger partial charge is 0.574 e. The Hall–Kier alpha value is -1.03. The number of pyridine rings is 1. The first kappa shape index (κ1) is 17.0. The Morgan fingerprint density at radius 3 is 2.65 bits per heavy atom. The maximum atomic E-state index is 4.28. The summed E-state index contributed by atoms with van der Waals surface area (Å²) in [5, 5.41) is 9.11. The zero-order chi connectivity index (χ0) is 13.7. The third-order valence-corrected chi connectivity index (χ3v) is 2.87. The summed E-state index contributed by atoms with van der Waals surface area (Å²) in [5.41, 5.74) is 2.44. The molecule has 0 spiro atoms. The molecule has 0 saturated heterocycles. The zero-order valence-corrected chi connectivity index (χ0v) is 16.5. The van der Waals surface area contributed by atoms with E-state index in [0.717, 1.165) is 16.3 Å². The van der Waals surface area contributed by atoms with Crippen LogP contribution in [0.5, 0.6) is 0 Å². The van der Waals surface area contributed by atoms with Gasteiger partial charge in [-0.25, -0.2) is 4.98 Å². The third-order valence-electron chi connectivity index (χ3n) is 2.25. The smallest absolute Gasteiger partial charge is 0.189 e. The van der Waals surface area contributed by atoms with E-state index < -0.39 is 0 Å². The Morgan fingerprint density at radius 1 is 1.25 bits per heavy atom. The van der Waals surface area contributed by atoms with Gasteiger partial charge in [-0.3, -0.25) is 4.98 Å². The molecule has 0 aliphatic heterocycles. The predicted molar refractivity (Wildman–Crippen MR) is 75.8 cm³/mol. The molecular weight excluding hydrogens is 496 g/mol. The van der Waals surface area contributed by atoms with Gasteiger partial charge in [0.2, 0.25) is 0 Å². The van der Waals surface area contributed by atoms with E-state index in [0.29, 0.717) is 11.5 Å². The van der Waals surface area contributed by atoms with E-state index in [1.165, 1.54) is 11.5 Å². The van der Waals surface area contributed by atoms with Crippen LogP contribution in [0.1, 0.15) is 18.9 Å². The molecule has 3 rings (SSSR count). The van der Waals surface area contributed by atoms with Crippen LogP contribution in [0, 0.1) is 38.0 Å². The van der Waals surface area contributed by atoms with Crippen LogP contribution in [0.4, 0.5) is 0 Å². The molecule has 102 valence electrons. The van der Waals surface area contributed by atoms with Gasteiger partial charge in [0.15, 0.2) is 5.82 Å². The maximum absolute atomic E-state index is 4.28.